The minimum atomic E-state index is -0.512. The highest BCUT2D eigenvalue weighted by Crippen LogP contribution is 2.34. The van der Waals surface area contributed by atoms with Crippen LogP contribution >= 0.6 is 0 Å². The molecule has 158 valence electrons. The van der Waals surface area contributed by atoms with Crippen LogP contribution in [0.5, 0.6) is 0 Å². The van der Waals surface area contributed by atoms with E-state index in [1.165, 1.54) is 11.3 Å². The molecule has 0 aromatic heterocycles. The zero-order valence-electron chi connectivity index (χ0n) is 17.9. The summed E-state index contributed by atoms with van der Waals surface area (Å²) in [4.78, 5) is 30.9. The molecule has 2 aliphatic rings. The molecule has 6 heteroatoms. The molecule has 0 bridgehead atoms. The number of hydrogen-bond acceptors (Lipinski definition) is 4. The Morgan fingerprint density at radius 1 is 0.833 bits per heavy atom. The van der Waals surface area contributed by atoms with Crippen LogP contribution in [0.25, 0.3) is 0 Å². The predicted molar refractivity (Wildman–Crippen MR) is 117 cm³/mol. The third-order valence-corrected chi connectivity index (χ3v) is 5.53. The van der Waals surface area contributed by atoms with Gasteiger partial charge in [-0.1, -0.05) is 18.2 Å². The number of hydrogen-bond donors (Lipinski definition) is 0. The van der Waals surface area contributed by atoms with E-state index in [-0.39, 0.29) is 12.0 Å². The Labute approximate surface area is 178 Å². The van der Waals surface area contributed by atoms with Crippen molar-refractivity contribution < 1.29 is 14.3 Å². The van der Waals surface area contributed by atoms with Gasteiger partial charge in [-0.05, 0) is 63.1 Å². The van der Waals surface area contributed by atoms with E-state index in [0.717, 1.165) is 18.7 Å². The number of carbonyl (C=O) groups excluding carboxylic acids is 2. The Kier molecular flexibility index (Phi) is 5.41. The van der Waals surface area contributed by atoms with E-state index < -0.39 is 5.60 Å². The van der Waals surface area contributed by atoms with Crippen molar-refractivity contribution in [3.8, 4) is 0 Å². The summed E-state index contributed by atoms with van der Waals surface area (Å²) in [5, 5.41) is 0. The lowest BCUT2D eigenvalue weighted by atomic mass is 10.1. The first-order valence-corrected chi connectivity index (χ1v) is 10.5. The van der Waals surface area contributed by atoms with Gasteiger partial charge in [0.15, 0.2) is 0 Å². The zero-order valence-corrected chi connectivity index (χ0v) is 17.9. The van der Waals surface area contributed by atoms with Crippen molar-refractivity contribution in [2.45, 2.75) is 32.8 Å². The lowest BCUT2D eigenvalue weighted by Gasteiger charge is -2.35. The molecule has 2 aliphatic heterocycles. The van der Waals surface area contributed by atoms with E-state index in [2.05, 4.69) is 29.2 Å². The van der Waals surface area contributed by atoms with Crippen molar-refractivity contribution in [2.24, 2.45) is 0 Å². The molecule has 0 radical (unpaired) electrons. The fourth-order valence-electron chi connectivity index (χ4n) is 3.99. The molecular weight excluding hydrogens is 378 g/mol. The second kappa shape index (κ2) is 8.01. The molecule has 6 nitrogen and oxygen atoms in total. The van der Waals surface area contributed by atoms with E-state index in [1.807, 2.05) is 45.0 Å². The molecule has 0 spiro atoms. The monoisotopic (exact) mass is 407 g/mol. The lowest BCUT2D eigenvalue weighted by Crippen LogP contribution is -2.51. The van der Waals surface area contributed by atoms with E-state index in [4.69, 9.17) is 4.74 Å². The van der Waals surface area contributed by atoms with Crippen molar-refractivity contribution in [2.75, 3.05) is 37.6 Å². The largest absolute Gasteiger partial charge is 0.444 e. The van der Waals surface area contributed by atoms with Gasteiger partial charge in [-0.3, -0.25) is 4.79 Å². The Morgan fingerprint density at radius 2 is 1.47 bits per heavy atom. The average Bonchev–Trinajstić information content (AvgIpc) is 3.16. The van der Waals surface area contributed by atoms with Crippen molar-refractivity contribution in [3.63, 3.8) is 0 Å². The standard InChI is InChI=1S/C24H29N3O3/c1-24(2,3)30-23(29)26-16-14-25(15-17-26)22(28)19-8-10-20(11-9-19)27-13-12-18-6-4-5-7-21(18)27/h4-11H,12-17H2,1-3H3. The summed E-state index contributed by atoms with van der Waals surface area (Å²) in [6, 6.07) is 16.3. The highest BCUT2D eigenvalue weighted by Gasteiger charge is 2.28. The molecule has 2 amide bonds. The quantitative estimate of drug-likeness (QED) is 0.753. The first-order valence-electron chi connectivity index (χ1n) is 10.5. The smallest absolute Gasteiger partial charge is 0.410 e. The summed E-state index contributed by atoms with van der Waals surface area (Å²) in [5.74, 6) is 0.00668. The maximum absolute atomic E-state index is 12.9. The Bertz CT molecular complexity index is 925. The second-order valence-corrected chi connectivity index (χ2v) is 8.84. The van der Waals surface area contributed by atoms with Crippen LogP contribution in [0.2, 0.25) is 0 Å². The number of anilines is 2. The zero-order chi connectivity index (χ0) is 21.3. The highest BCUT2D eigenvalue weighted by molar-refractivity contribution is 5.95. The first-order chi connectivity index (χ1) is 14.3. The van der Waals surface area contributed by atoms with Gasteiger partial charge in [0.1, 0.15) is 5.60 Å². The van der Waals surface area contributed by atoms with Crippen LogP contribution in [0, 0.1) is 0 Å². The van der Waals surface area contributed by atoms with E-state index in [1.54, 1.807) is 9.80 Å². The molecular formula is C24H29N3O3. The normalized spacial score (nSPS) is 16.4. The van der Waals surface area contributed by atoms with Crippen LogP contribution in [0.1, 0.15) is 36.7 Å². The average molecular weight is 408 g/mol. The summed E-state index contributed by atoms with van der Waals surface area (Å²) < 4.78 is 5.42. The highest BCUT2D eigenvalue weighted by atomic mass is 16.6. The van der Waals surface area contributed by atoms with Gasteiger partial charge in [-0.2, -0.15) is 0 Å². The molecule has 0 atom stereocenters. The maximum Gasteiger partial charge on any atom is 0.410 e. The molecule has 0 saturated carbocycles. The van der Waals surface area contributed by atoms with Crippen molar-refractivity contribution in [1.82, 2.24) is 9.80 Å². The van der Waals surface area contributed by atoms with Crippen molar-refractivity contribution in [1.29, 1.82) is 0 Å². The molecule has 2 aromatic carbocycles. The summed E-state index contributed by atoms with van der Waals surface area (Å²) in [6.45, 7) is 8.53. The number of piperazine rings is 1. The Hall–Kier alpha value is -3.02. The van der Waals surface area contributed by atoms with Gasteiger partial charge >= 0.3 is 6.09 Å². The minimum Gasteiger partial charge on any atom is -0.444 e. The van der Waals surface area contributed by atoms with Crippen molar-refractivity contribution in [3.05, 3.63) is 59.7 Å². The van der Waals surface area contributed by atoms with Crippen LogP contribution in [-0.2, 0) is 11.2 Å². The van der Waals surface area contributed by atoms with Gasteiger partial charge < -0.3 is 19.4 Å². The second-order valence-electron chi connectivity index (χ2n) is 8.84. The summed E-state index contributed by atoms with van der Waals surface area (Å²) >= 11 is 0. The first kappa shape index (κ1) is 20.3. The number of ether oxygens (including phenoxy) is 1. The van der Waals surface area contributed by atoms with Gasteiger partial charge in [0.05, 0.1) is 0 Å². The summed E-state index contributed by atoms with van der Waals surface area (Å²) in [6.07, 6.45) is 0.726. The topological polar surface area (TPSA) is 53.1 Å². The maximum atomic E-state index is 12.9. The molecule has 30 heavy (non-hydrogen) atoms. The van der Waals surface area contributed by atoms with Crippen LogP contribution in [0.3, 0.4) is 0 Å². The molecule has 2 heterocycles. The minimum absolute atomic E-state index is 0.00668. The van der Waals surface area contributed by atoms with Gasteiger partial charge in [0, 0.05) is 49.7 Å². The molecule has 1 fully saturated rings. The number of amides is 2. The molecule has 0 aliphatic carbocycles. The fraction of sp³-hybridized carbons (Fsp3) is 0.417. The van der Waals surface area contributed by atoms with E-state index in [9.17, 15) is 9.59 Å². The number of para-hydroxylation sites is 1. The SMILES string of the molecule is CC(C)(C)OC(=O)N1CCN(C(=O)c2ccc(N3CCc4ccccc43)cc2)CC1. The third kappa shape index (κ3) is 4.27. The van der Waals surface area contributed by atoms with Crippen LogP contribution in [-0.4, -0.2) is 60.1 Å². The molecule has 2 aromatic rings. The van der Waals surface area contributed by atoms with Crippen LogP contribution in [0.15, 0.2) is 48.5 Å². The van der Waals surface area contributed by atoms with Crippen molar-refractivity contribution >= 4 is 23.4 Å². The Balaban J connectivity index is 1.37. The molecule has 0 N–H and O–H groups in total. The fourth-order valence-corrected chi connectivity index (χ4v) is 3.99. The molecule has 0 unspecified atom stereocenters. The number of benzene rings is 2. The lowest BCUT2D eigenvalue weighted by molar-refractivity contribution is 0.0141. The van der Waals surface area contributed by atoms with Gasteiger partial charge in [-0.15, -0.1) is 0 Å². The summed E-state index contributed by atoms with van der Waals surface area (Å²) in [7, 11) is 0. The van der Waals surface area contributed by atoms with E-state index >= 15 is 0 Å². The van der Waals surface area contributed by atoms with Crippen LogP contribution in [0.4, 0.5) is 16.2 Å². The van der Waals surface area contributed by atoms with Gasteiger partial charge in [0.25, 0.3) is 5.91 Å². The van der Waals surface area contributed by atoms with E-state index in [0.29, 0.717) is 31.7 Å². The number of carbonyl (C=O) groups is 2. The van der Waals surface area contributed by atoms with Gasteiger partial charge in [-0.25, -0.2) is 4.79 Å². The van der Waals surface area contributed by atoms with Gasteiger partial charge in [0.2, 0.25) is 0 Å². The molecule has 4 rings (SSSR count). The number of nitrogens with zero attached hydrogens (tertiary/aromatic N) is 3. The Morgan fingerprint density at radius 3 is 2.13 bits per heavy atom. The third-order valence-electron chi connectivity index (χ3n) is 5.53. The number of rotatable bonds is 2. The summed E-state index contributed by atoms with van der Waals surface area (Å²) in [5.41, 5.74) is 3.88. The number of fused-ring (bicyclic) bond motifs is 1. The predicted octanol–water partition coefficient (Wildman–Crippen LogP) is 4.07. The molecule has 1 saturated heterocycles. The van der Waals surface area contributed by atoms with Crippen LogP contribution < -0.4 is 4.90 Å².